The van der Waals surface area contributed by atoms with E-state index in [1.165, 1.54) is 0 Å². The first-order chi connectivity index (χ1) is 7.12. The summed E-state index contributed by atoms with van der Waals surface area (Å²) in [6.45, 7) is 1.09. The van der Waals surface area contributed by atoms with Crippen molar-refractivity contribution < 1.29 is 14.1 Å². The molecule has 2 rings (SSSR count). The third-order valence-corrected chi connectivity index (χ3v) is 2.46. The molecule has 4 N–H and O–H groups in total. The quantitative estimate of drug-likeness (QED) is 0.658. The number of carbonyl (C=O) groups excluding carboxylic acids is 1. The minimum Gasteiger partial charge on any atom is -0.381 e. The SMILES string of the molecule is NC(=O)c1noc(C2(N)CCOCC2)n1. The summed E-state index contributed by atoms with van der Waals surface area (Å²) in [4.78, 5) is 14.6. The van der Waals surface area contributed by atoms with Gasteiger partial charge < -0.3 is 20.7 Å². The van der Waals surface area contributed by atoms with Crippen LogP contribution in [0.5, 0.6) is 0 Å². The summed E-state index contributed by atoms with van der Waals surface area (Å²) >= 11 is 0. The van der Waals surface area contributed by atoms with Gasteiger partial charge in [0.1, 0.15) is 5.54 Å². The van der Waals surface area contributed by atoms with Crippen molar-refractivity contribution in [3.8, 4) is 0 Å². The molecule has 1 fully saturated rings. The molecule has 0 radical (unpaired) electrons. The zero-order chi connectivity index (χ0) is 10.9. The Kier molecular flexibility index (Phi) is 2.41. The molecule has 15 heavy (non-hydrogen) atoms. The fourth-order valence-corrected chi connectivity index (χ4v) is 1.48. The second kappa shape index (κ2) is 3.59. The van der Waals surface area contributed by atoms with Crippen molar-refractivity contribution in [2.45, 2.75) is 18.4 Å². The van der Waals surface area contributed by atoms with Crippen LogP contribution in [0.4, 0.5) is 0 Å². The minimum atomic E-state index is -0.722. The largest absolute Gasteiger partial charge is 0.381 e. The van der Waals surface area contributed by atoms with E-state index in [1.54, 1.807) is 0 Å². The van der Waals surface area contributed by atoms with Gasteiger partial charge in [-0.3, -0.25) is 4.79 Å². The van der Waals surface area contributed by atoms with Crippen LogP contribution in [0.15, 0.2) is 4.52 Å². The minimum absolute atomic E-state index is 0.138. The van der Waals surface area contributed by atoms with Gasteiger partial charge in [-0.05, 0) is 12.8 Å². The first kappa shape index (κ1) is 10.1. The second-order valence-electron chi connectivity index (χ2n) is 3.56. The van der Waals surface area contributed by atoms with Crippen molar-refractivity contribution in [3.63, 3.8) is 0 Å². The predicted molar refractivity (Wildman–Crippen MR) is 48.7 cm³/mol. The Morgan fingerprint density at radius 2 is 2.07 bits per heavy atom. The Balaban J connectivity index is 2.23. The molecule has 1 aliphatic rings. The molecular weight excluding hydrogens is 200 g/mol. The first-order valence-corrected chi connectivity index (χ1v) is 4.62. The lowest BCUT2D eigenvalue weighted by Gasteiger charge is -2.29. The summed E-state index contributed by atoms with van der Waals surface area (Å²) in [6.07, 6.45) is 1.18. The highest BCUT2D eigenvalue weighted by atomic mass is 16.5. The zero-order valence-corrected chi connectivity index (χ0v) is 8.10. The summed E-state index contributed by atoms with van der Waals surface area (Å²) in [5.41, 5.74) is 10.4. The standard InChI is InChI=1S/C8H12N4O3/c9-5(13)6-11-7(15-12-6)8(10)1-3-14-4-2-8/h1-4,10H2,(H2,9,13). The fourth-order valence-electron chi connectivity index (χ4n) is 1.48. The van der Waals surface area contributed by atoms with Crippen LogP contribution < -0.4 is 11.5 Å². The molecule has 1 aromatic rings. The smallest absolute Gasteiger partial charge is 0.290 e. The van der Waals surface area contributed by atoms with E-state index in [9.17, 15) is 4.79 Å². The number of hydrogen-bond donors (Lipinski definition) is 2. The highest BCUT2D eigenvalue weighted by molar-refractivity contribution is 5.88. The number of aromatic nitrogens is 2. The summed E-state index contributed by atoms with van der Waals surface area (Å²) in [5.74, 6) is -0.610. The van der Waals surface area contributed by atoms with Crippen LogP contribution in [0.25, 0.3) is 0 Å². The summed E-state index contributed by atoms with van der Waals surface area (Å²) < 4.78 is 10.1. The molecule has 1 amide bonds. The van der Waals surface area contributed by atoms with Gasteiger partial charge in [0.2, 0.25) is 5.89 Å². The molecule has 1 saturated heterocycles. The van der Waals surface area contributed by atoms with Crippen LogP contribution in [-0.4, -0.2) is 29.3 Å². The molecule has 1 aromatic heterocycles. The Hall–Kier alpha value is -1.47. The van der Waals surface area contributed by atoms with Crippen LogP contribution in [0.3, 0.4) is 0 Å². The number of nitrogens with two attached hydrogens (primary N) is 2. The van der Waals surface area contributed by atoms with Crippen LogP contribution in [0.1, 0.15) is 29.4 Å². The van der Waals surface area contributed by atoms with Crippen molar-refractivity contribution in [1.82, 2.24) is 10.1 Å². The molecule has 0 bridgehead atoms. The number of amides is 1. The molecule has 82 valence electrons. The molecule has 0 aliphatic carbocycles. The topological polar surface area (TPSA) is 117 Å². The van der Waals surface area contributed by atoms with Gasteiger partial charge in [-0.2, -0.15) is 4.98 Å². The monoisotopic (exact) mass is 212 g/mol. The Morgan fingerprint density at radius 1 is 1.40 bits per heavy atom. The van der Waals surface area contributed by atoms with Gasteiger partial charge in [-0.25, -0.2) is 0 Å². The number of rotatable bonds is 2. The maximum atomic E-state index is 10.8. The molecule has 0 spiro atoms. The zero-order valence-electron chi connectivity index (χ0n) is 8.10. The molecule has 7 nitrogen and oxygen atoms in total. The van der Waals surface area contributed by atoms with Crippen molar-refractivity contribution in [2.75, 3.05) is 13.2 Å². The normalized spacial score (nSPS) is 20.1. The van der Waals surface area contributed by atoms with Gasteiger partial charge in [0.25, 0.3) is 11.7 Å². The Labute approximate surface area is 85.8 Å². The van der Waals surface area contributed by atoms with Gasteiger partial charge in [0, 0.05) is 13.2 Å². The molecule has 7 heteroatoms. The highest BCUT2D eigenvalue weighted by Gasteiger charge is 2.36. The molecular formula is C8H12N4O3. The molecule has 0 aromatic carbocycles. The molecule has 1 aliphatic heterocycles. The average molecular weight is 212 g/mol. The summed E-state index contributed by atoms with van der Waals surface area (Å²) in [6, 6.07) is 0. The number of nitrogens with zero attached hydrogens (tertiary/aromatic N) is 2. The van der Waals surface area contributed by atoms with E-state index in [4.69, 9.17) is 20.7 Å². The number of carbonyl (C=O) groups is 1. The molecule has 0 saturated carbocycles. The number of ether oxygens (including phenoxy) is 1. The predicted octanol–water partition coefficient (Wildman–Crippen LogP) is -0.867. The molecule has 0 atom stereocenters. The second-order valence-corrected chi connectivity index (χ2v) is 3.56. The van der Waals surface area contributed by atoms with Crippen molar-refractivity contribution in [1.29, 1.82) is 0 Å². The van der Waals surface area contributed by atoms with E-state index < -0.39 is 11.4 Å². The third-order valence-electron chi connectivity index (χ3n) is 2.46. The van der Waals surface area contributed by atoms with Crippen LogP contribution in [0.2, 0.25) is 0 Å². The van der Waals surface area contributed by atoms with E-state index >= 15 is 0 Å². The molecule has 0 unspecified atom stereocenters. The van der Waals surface area contributed by atoms with Crippen LogP contribution >= 0.6 is 0 Å². The van der Waals surface area contributed by atoms with Crippen molar-refractivity contribution in [2.24, 2.45) is 11.5 Å². The van der Waals surface area contributed by atoms with Crippen LogP contribution in [0, 0.1) is 0 Å². The van der Waals surface area contributed by atoms with Crippen molar-refractivity contribution >= 4 is 5.91 Å². The molecule has 2 heterocycles. The lowest BCUT2D eigenvalue weighted by Crippen LogP contribution is -2.42. The van der Waals surface area contributed by atoms with E-state index in [-0.39, 0.29) is 11.7 Å². The number of hydrogen-bond acceptors (Lipinski definition) is 6. The summed E-state index contributed by atoms with van der Waals surface area (Å²) in [7, 11) is 0. The van der Waals surface area contributed by atoms with Gasteiger partial charge in [0.05, 0.1) is 0 Å². The van der Waals surface area contributed by atoms with E-state index in [1.807, 2.05) is 0 Å². The highest BCUT2D eigenvalue weighted by Crippen LogP contribution is 2.27. The number of primary amides is 1. The van der Waals surface area contributed by atoms with E-state index in [2.05, 4.69) is 10.1 Å². The third kappa shape index (κ3) is 1.83. The Bertz CT molecular complexity index is 370. The van der Waals surface area contributed by atoms with Crippen molar-refractivity contribution in [3.05, 3.63) is 11.7 Å². The average Bonchev–Trinajstić information content (AvgIpc) is 2.68. The van der Waals surface area contributed by atoms with Crippen LogP contribution in [-0.2, 0) is 10.3 Å². The van der Waals surface area contributed by atoms with Gasteiger partial charge in [-0.15, -0.1) is 0 Å². The lowest BCUT2D eigenvalue weighted by atomic mass is 9.91. The maximum absolute atomic E-state index is 10.8. The van der Waals surface area contributed by atoms with E-state index in [0.717, 1.165) is 0 Å². The lowest BCUT2D eigenvalue weighted by molar-refractivity contribution is 0.0400. The Morgan fingerprint density at radius 3 is 2.60 bits per heavy atom. The summed E-state index contributed by atoms with van der Waals surface area (Å²) in [5, 5.41) is 3.45. The first-order valence-electron chi connectivity index (χ1n) is 4.62. The van der Waals surface area contributed by atoms with Gasteiger partial charge >= 0.3 is 0 Å². The maximum Gasteiger partial charge on any atom is 0.290 e. The fraction of sp³-hybridized carbons (Fsp3) is 0.625. The van der Waals surface area contributed by atoms with E-state index in [0.29, 0.717) is 26.1 Å². The van der Waals surface area contributed by atoms with Gasteiger partial charge in [0.15, 0.2) is 0 Å². The van der Waals surface area contributed by atoms with Gasteiger partial charge in [-0.1, -0.05) is 5.16 Å².